The summed E-state index contributed by atoms with van der Waals surface area (Å²) in [4.78, 5) is 23.9. The SMILES string of the molecule is Cc1ccc(S(=O)(=O)Nc2cccc(C(=O)O[C@@H](C)C(=O)NC(C)C)c2)cc1F. The molecule has 1 atom stereocenters. The second kappa shape index (κ2) is 9.04. The van der Waals surface area contributed by atoms with Gasteiger partial charge in [0.1, 0.15) is 5.82 Å². The van der Waals surface area contributed by atoms with E-state index in [0.29, 0.717) is 5.56 Å². The van der Waals surface area contributed by atoms with E-state index in [1.165, 1.54) is 50.2 Å². The Morgan fingerprint density at radius 3 is 2.38 bits per heavy atom. The molecule has 0 bridgehead atoms. The fourth-order valence-corrected chi connectivity index (χ4v) is 3.41. The molecule has 0 heterocycles. The zero-order valence-electron chi connectivity index (χ0n) is 16.5. The fraction of sp³-hybridized carbons (Fsp3) is 0.300. The highest BCUT2D eigenvalue weighted by atomic mass is 32.2. The molecule has 2 N–H and O–H groups in total. The minimum Gasteiger partial charge on any atom is -0.449 e. The Balaban J connectivity index is 2.15. The van der Waals surface area contributed by atoms with Crippen molar-refractivity contribution < 1.29 is 27.1 Å². The van der Waals surface area contributed by atoms with Crippen LogP contribution in [-0.4, -0.2) is 32.4 Å². The van der Waals surface area contributed by atoms with Gasteiger partial charge in [0.05, 0.1) is 10.5 Å². The highest BCUT2D eigenvalue weighted by Gasteiger charge is 2.21. The topological polar surface area (TPSA) is 102 Å². The number of esters is 1. The van der Waals surface area contributed by atoms with E-state index in [0.717, 1.165) is 6.07 Å². The van der Waals surface area contributed by atoms with Crippen LogP contribution in [0, 0.1) is 12.7 Å². The lowest BCUT2D eigenvalue weighted by Crippen LogP contribution is -2.39. The molecule has 0 unspecified atom stereocenters. The Bertz CT molecular complexity index is 1020. The van der Waals surface area contributed by atoms with Crippen LogP contribution < -0.4 is 10.0 Å². The van der Waals surface area contributed by atoms with Crippen molar-refractivity contribution in [1.29, 1.82) is 0 Å². The van der Waals surface area contributed by atoms with E-state index < -0.39 is 33.8 Å². The molecule has 0 fully saturated rings. The van der Waals surface area contributed by atoms with Crippen molar-refractivity contribution in [2.45, 2.75) is 44.7 Å². The van der Waals surface area contributed by atoms with Gasteiger partial charge in [0.15, 0.2) is 6.10 Å². The van der Waals surface area contributed by atoms with E-state index in [-0.39, 0.29) is 22.2 Å². The van der Waals surface area contributed by atoms with Crippen molar-refractivity contribution in [2.75, 3.05) is 4.72 Å². The molecule has 2 rings (SSSR count). The van der Waals surface area contributed by atoms with Crippen LogP contribution in [0.2, 0.25) is 0 Å². The molecule has 0 saturated carbocycles. The van der Waals surface area contributed by atoms with Crippen LogP contribution >= 0.6 is 0 Å². The number of rotatable bonds is 7. The number of hydrogen-bond donors (Lipinski definition) is 2. The number of benzene rings is 2. The second-order valence-electron chi connectivity index (χ2n) is 6.81. The number of ether oxygens (including phenoxy) is 1. The van der Waals surface area contributed by atoms with Crippen molar-refractivity contribution in [2.24, 2.45) is 0 Å². The van der Waals surface area contributed by atoms with Gasteiger partial charge in [-0.15, -0.1) is 0 Å². The van der Waals surface area contributed by atoms with Gasteiger partial charge < -0.3 is 10.1 Å². The molecular weight excluding hydrogens is 399 g/mol. The molecule has 0 spiro atoms. The van der Waals surface area contributed by atoms with E-state index >= 15 is 0 Å². The van der Waals surface area contributed by atoms with Gasteiger partial charge >= 0.3 is 5.97 Å². The van der Waals surface area contributed by atoms with Gasteiger partial charge in [0.2, 0.25) is 0 Å². The molecule has 7 nitrogen and oxygen atoms in total. The summed E-state index contributed by atoms with van der Waals surface area (Å²) in [7, 11) is -4.05. The van der Waals surface area contributed by atoms with Crippen LogP contribution in [-0.2, 0) is 19.6 Å². The monoisotopic (exact) mass is 422 g/mol. The van der Waals surface area contributed by atoms with Crippen LogP contribution in [0.3, 0.4) is 0 Å². The average Bonchev–Trinajstić information content (AvgIpc) is 2.63. The van der Waals surface area contributed by atoms with Gasteiger partial charge in [-0.1, -0.05) is 12.1 Å². The third-order valence-electron chi connectivity index (χ3n) is 3.89. The molecule has 2 aromatic rings. The number of nitrogens with one attached hydrogen (secondary N) is 2. The van der Waals surface area contributed by atoms with Crippen molar-refractivity contribution in [3.63, 3.8) is 0 Å². The fourth-order valence-electron chi connectivity index (χ4n) is 2.35. The maximum absolute atomic E-state index is 13.7. The summed E-state index contributed by atoms with van der Waals surface area (Å²) in [5, 5.41) is 2.63. The molecule has 0 aliphatic heterocycles. The van der Waals surface area contributed by atoms with Crippen molar-refractivity contribution in [3.05, 3.63) is 59.4 Å². The molecule has 0 aromatic heterocycles. The first-order chi connectivity index (χ1) is 13.5. The standard InChI is InChI=1S/C20H23FN2O5S/c1-12(2)22-19(24)14(4)28-20(25)15-6-5-7-16(10-15)23-29(26,27)17-9-8-13(3)18(21)11-17/h5-12,14,23H,1-4H3,(H,22,24)/t14-/m0/s1. The molecule has 2 aromatic carbocycles. The van der Waals surface area contributed by atoms with Crippen LogP contribution in [0.4, 0.5) is 10.1 Å². The largest absolute Gasteiger partial charge is 0.449 e. The maximum Gasteiger partial charge on any atom is 0.338 e. The van der Waals surface area contributed by atoms with E-state index in [1.807, 2.05) is 0 Å². The summed E-state index contributed by atoms with van der Waals surface area (Å²) in [6.07, 6.45) is -1.01. The minimum atomic E-state index is -4.05. The van der Waals surface area contributed by atoms with Gasteiger partial charge in [-0.2, -0.15) is 0 Å². The normalized spacial score (nSPS) is 12.3. The molecular formula is C20H23FN2O5S. The smallest absolute Gasteiger partial charge is 0.338 e. The summed E-state index contributed by atoms with van der Waals surface area (Å²) < 4.78 is 46.1. The Morgan fingerprint density at radius 2 is 1.76 bits per heavy atom. The van der Waals surface area contributed by atoms with Crippen LogP contribution in [0.1, 0.15) is 36.7 Å². The summed E-state index contributed by atoms with van der Waals surface area (Å²) in [5.41, 5.74) is 0.480. The number of carbonyl (C=O) groups excluding carboxylic acids is 2. The molecule has 0 radical (unpaired) electrons. The summed E-state index contributed by atoms with van der Waals surface area (Å²) in [6, 6.07) is 9.07. The third-order valence-corrected chi connectivity index (χ3v) is 5.27. The van der Waals surface area contributed by atoms with Crippen LogP contribution in [0.15, 0.2) is 47.4 Å². The highest BCUT2D eigenvalue weighted by Crippen LogP contribution is 2.20. The van der Waals surface area contributed by atoms with Crippen molar-refractivity contribution in [1.82, 2.24) is 5.32 Å². The maximum atomic E-state index is 13.7. The first kappa shape index (κ1) is 22.4. The van der Waals surface area contributed by atoms with E-state index in [1.54, 1.807) is 13.8 Å². The zero-order valence-corrected chi connectivity index (χ0v) is 17.3. The Labute approximate surface area is 169 Å². The van der Waals surface area contributed by atoms with Gasteiger partial charge in [-0.3, -0.25) is 9.52 Å². The predicted molar refractivity (Wildman–Crippen MR) is 107 cm³/mol. The first-order valence-corrected chi connectivity index (χ1v) is 10.4. The van der Waals surface area contributed by atoms with Crippen molar-refractivity contribution in [3.8, 4) is 0 Å². The molecule has 1 amide bonds. The quantitative estimate of drug-likeness (QED) is 0.668. The number of hydrogen-bond acceptors (Lipinski definition) is 5. The minimum absolute atomic E-state index is 0.0597. The molecule has 29 heavy (non-hydrogen) atoms. The molecule has 0 aliphatic rings. The summed E-state index contributed by atoms with van der Waals surface area (Å²) >= 11 is 0. The lowest BCUT2D eigenvalue weighted by molar-refractivity contribution is -0.129. The van der Waals surface area contributed by atoms with E-state index in [4.69, 9.17) is 4.74 Å². The Morgan fingerprint density at radius 1 is 1.07 bits per heavy atom. The van der Waals surface area contributed by atoms with Gasteiger partial charge in [0.25, 0.3) is 15.9 Å². The molecule has 0 aliphatic carbocycles. The first-order valence-electron chi connectivity index (χ1n) is 8.90. The molecule has 156 valence electrons. The Kier molecular flexibility index (Phi) is 6.97. The van der Waals surface area contributed by atoms with Gasteiger partial charge in [-0.25, -0.2) is 17.6 Å². The van der Waals surface area contributed by atoms with E-state index in [9.17, 15) is 22.4 Å². The molecule has 9 heteroatoms. The lowest BCUT2D eigenvalue weighted by atomic mass is 10.2. The lowest BCUT2D eigenvalue weighted by Gasteiger charge is -2.15. The number of carbonyl (C=O) groups is 2. The molecule has 0 saturated heterocycles. The number of sulfonamides is 1. The second-order valence-corrected chi connectivity index (χ2v) is 8.49. The number of amides is 1. The van der Waals surface area contributed by atoms with Crippen LogP contribution in [0.25, 0.3) is 0 Å². The predicted octanol–water partition coefficient (Wildman–Crippen LogP) is 3.00. The zero-order chi connectivity index (χ0) is 21.8. The van der Waals surface area contributed by atoms with Crippen LogP contribution in [0.5, 0.6) is 0 Å². The number of aryl methyl sites for hydroxylation is 1. The van der Waals surface area contributed by atoms with E-state index in [2.05, 4.69) is 10.0 Å². The Hall–Kier alpha value is -2.94. The summed E-state index contributed by atoms with van der Waals surface area (Å²) in [5.74, 6) is -1.86. The number of halogens is 1. The number of anilines is 1. The van der Waals surface area contributed by atoms with Gasteiger partial charge in [0, 0.05) is 11.7 Å². The van der Waals surface area contributed by atoms with Crippen molar-refractivity contribution >= 4 is 27.6 Å². The third kappa shape index (κ3) is 6.02. The average molecular weight is 422 g/mol. The van der Waals surface area contributed by atoms with Gasteiger partial charge in [-0.05, 0) is 63.6 Å². The summed E-state index contributed by atoms with van der Waals surface area (Å²) in [6.45, 7) is 6.52. The highest BCUT2D eigenvalue weighted by molar-refractivity contribution is 7.92.